The number of benzene rings is 1. The summed E-state index contributed by atoms with van der Waals surface area (Å²) in [6, 6.07) is 5.76. The maximum Gasteiger partial charge on any atom is 0.418 e. The van der Waals surface area contributed by atoms with Gasteiger partial charge in [-0.25, -0.2) is 4.98 Å². The second-order valence-corrected chi connectivity index (χ2v) is 8.69. The number of ether oxygens (including phenoxy) is 1. The van der Waals surface area contributed by atoms with E-state index in [-0.39, 0.29) is 23.9 Å². The number of carbonyl (C=O) groups excluding carboxylic acids is 1. The van der Waals surface area contributed by atoms with Crippen molar-refractivity contribution in [3.05, 3.63) is 52.0 Å². The lowest BCUT2D eigenvalue weighted by Crippen LogP contribution is -2.37. The average molecular weight is 480 g/mol. The van der Waals surface area contributed by atoms with E-state index in [1.165, 1.54) is 23.5 Å². The smallest absolute Gasteiger partial charge is 0.418 e. The minimum absolute atomic E-state index is 0.0642. The fourth-order valence-corrected chi connectivity index (χ4v) is 4.54. The zero-order valence-corrected chi connectivity index (χ0v) is 19.1. The number of aryl methyl sites for hydroxylation is 1. The van der Waals surface area contributed by atoms with E-state index in [1.54, 1.807) is 18.9 Å². The number of carbonyl (C=O) groups is 1. The second kappa shape index (κ2) is 9.56. The number of methoxy groups -OCH3 is 1. The molecule has 3 aromatic rings. The largest absolute Gasteiger partial charge is 0.441 e. The first-order valence-corrected chi connectivity index (χ1v) is 11.5. The molecule has 0 aliphatic carbocycles. The van der Waals surface area contributed by atoms with Crippen molar-refractivity contribution < 1.29 is 27.1 Å². The van der Waals surface area contributed by atoms with Gasteiger partial charge in [-0.2, -0.15) is 24.5 Å². The molecule has 1 aromatic carbocycles. The van der Waals surface area contributed by atoms with Crippen LogP contribution < -0.4 is 10.2 Å². The molecule has 1 amide bonds. The van der Waals surface area contributed by atoms with Crippen molar-refractivity contribution in [2.45, 2.75) is 38.5 Å². The number of hydrogen-bond acceptors (Lipinski definition) is 6. The molecule has 0 bridgehead atoms. The first-order valence-electron chi connectivity index (χ1n) is 10.5. The number of nitrogens with one attached hydrogen (secondary N) is 1. The van der Waals surface area contributed by atoms with Crippen molar-refractivity contribution in [1.82, 2.24) is 4.98 Å². The Morgan fingerprint density at radius 2 is 2.06 bits per heavy atom. The van der Waals surface area contributed by atoms with E-state index >= 15 is 0 Å². The fourth-order valence-electron chi connectivity index (χ4n) is 3.91. The third kappa shape index (κ3) is 5.39. The molecule has 0 saturated carbocycles. The lowest BCUT2D eigenvalue weighted by Gasteiger charge is -2.34. The summed E-state index contributed by atoms with van der Waals surface area (Å²) >= 11 is 1.50. The van der Waals surface area contributed by atoms with Crippen LogP contribution in [0.15, 0.2) is 39.4 Å². The van der Waals surface area contributed by atoms with E-state index in [2.05, 4.69) is 10.3 Å². The minimum Gasteiger partial charge on any atom is -0.441 e. The molecule has 6 nitrogen and oxygen atoms in total. The van der Waals surface area contributed by atoms with Gasteiger partial charge in [0, 0.05) is 42.5 Å². The van der Waals surface area contributed by atoms with Crippen molar-refractivity contribution in [1.29, 1.82) is 0 Å². The predicted octanol–water partition coefficient (Wildman–Crippen LogP) is 5.53. The SMILES string of the molecule is COC1CCN(c2ccc(NC(=O)Cc3nc(-c4ccsc4)oc3C)cc2C(F)(F)F)CC1. The van der Waals surface area contributed by atoms with Gasteiger partial charge in [-0.15, -0.1) is 0 Å². The summed E-state index contributed by atoms with van der Waals surface area (Å²) in [4.78, 5) is 18.6. The number of halogens is 3. The highest BCUT2D eigenvalue weighted by Gasteiger charge is 2.36. The van der Waals surface area contributed by atoms with Gasteiger partial charge in [0.2, 0.25) is 11.8 Å². The molecule has 0 spiro atoms. The van der Waals surface area contributed by atoms with Gasteiger partial charge in [0.1, 0.15) is 5.76 Å². The Balaban J connectivity index is 1.48. The van der Waals surface area contributed by atoms with Gasteiger partial charge >= 0.3 is 6.18 Å². The summed E-state index contributed by atoms with van der Waals surface area (Å²) in [5.41, 5.74) is 0.690. The van der Waals surface area contributed by atoms with Crippen LogP contribution in [0.5, 0.6) is 0 Å². The summed E-state index contributed by atoms with van der Waals surface area (Å²) < 4.78 is 52.4. The highest BCUT2D eigenvalue weighted by atomic mass is 32.1. The van der Waals surface area contributed by atoms with Crippen LogP contribution in [-0.2, 0) is 22.1 Å². The fraction of sp³-hybridized carbons (Fsp3) is 0.391. The number of amides is 1. The highest BCUT2D eigenvalue weighted by molar-refractivity contribution is 7.08. The number of nitrogens with zero attached hydrogens (tertiary/aromatic N) is 2. The van der Waals surface area contributed by atoms with Crippen molar-refractivity contribution in [3.63, 3.8) is 0 Å². The molecule has 10 heteroatoms. The summed E-state index contributed by atoms with van der Waals surface area (Å²) in [5, 5.41) is 6.34. The van der Waals surface area contributed by atoms with E-state index in [1.807, 2.05) is 16.8 Å². The third-order valence-corrected chi connectivity index (χ3v) is 6.37. The third-order valence-electron chi connectivity index (χ3n) is 5.69. The molecule has 176 valence electrons. The van der Waals surface area contributed by atoms with E-state index in [9.17, 15) is 18.0 Å². The maximum absolute atomic E-state index is 13.8. The lowest BCUT2D eigenvalue weighted by molar-refractivity contribution is -0.137. The standard InChI is InChI=1S/C23H24F3N3O3S/c1-14-19(28-22(32-14)15-7-10-33-13-15)12-21(30)27-16-3-4-20(18(11-16)23(24,25)26)29-8-5-17(31-2)6-9-29/h3-4,7,10-11,13,17H,5-6,8-9,12H2,1-2H3,(H,27,30). The van der Waals surface area contributed by atoms with Crippen molar-refractivity contribution in [2.24, 2.45) is 0 Å². The van der Waals surface area contributed by atoms with Gasteiger partial charge < -0.3 is 19.4 Å². The van der Waals surface area contributed by atoms with E-state index in [0.29, 0.717) is 43.3 Å². The number of thiophene rings is 1. The molecular weight excluding hydrogens is 455 g/mol. The Morgan fingerprint density at radius 1 is 1.30 bits per heavy atom. The first kappa shape index (κ1) is 23.3. The van der Waals surface area contributed by atoms with Gasteiger partial charge in [0.25, 0.3) is 0 Å². The summed E-state index contributed by atoms with van der Waals surface area (Å²) in [7, 11) is 1.61. The highest BCUT2D eigenvalue weighted by Crippen LogP contribution is 2.39. The Labute approximate surface area is 193 Å². The second-order valence-electron chi connectivity index (χ2n) is 7.91. The average Bonchev–Trinajstić information content (AvgIpc) is 3.43. The number of hydrogen-bond donors (Lipinski definition) is 1. The van der Waals surface area contributed by atoms with Crippen molar-refractivity contribution >= 4 is 28.6 Å². The van der Waals surface area contributed by atoms with Crippen LogP contribution >= 0.6 is 11.3 Å². The summed E-state index contributed by atoms with van der Waals surface area (Å²) in [6.45, 7) is 2.66. The first-order chi connectivity index (χ1) is 15.7. The molecule has 1 saturated heterocycles. The molecule has 3 heterocycles. The molecule has 0 radical (unpaired) electrons. The molecule has 0 atom stereocenters. The molecule has 1 aliphatic rings. The van der Waals surface area contributed by atoms with Gasteiger partial charge in [0.15, 0.2) is 0 Å². The topological polar surface area (TPSA) is 67.6 Å². The Morgan fingerprint density at radius 3 is 2.70 bits per heavy atom. The maximum atomic E-state index is 13.8. The van der Waals surface area contributed by atoms with Gasteiger partial charge in [0.05, 0.1) is 23.8 Å². The van der Waals surface area contributed by atoms with Gasteiger partial charge in [-0.05, 0) is 49.4 Å². The van der Waals surface area contributed by atoms with Crippen LogP contribution in [0.4, 0.5) is 24.5 Å². The zero-order chi connectivity index (χ0) is 23.6. The summed E-state index contributed by atoms with van der Waals surface area (Å²) in [6.07, 6.45) is -3.26. The Hall–Kier alpha value is -2.85. The molecule has 4 rings (SSSR count). The number of rotatable bonds is 6. The quantitative estimate of drug-likeness (QED) is 0.504. The van der Waals surface area contributed by atoms with Crippen molar-refractivity contribution in [2.75, 3.05) is 30.4 Å². The van der Waals surface area contributed by atoms with Crippen LogP contribution in [-0.4, -0.2) is 37.2 Å². The number of aromatic nitrogens is 1. The number of anilines is 2. The van der Waals surface area contributed by atoms with E-state index in [4.69, 9.17) is 9.15 Å². The number of alkyl halides is 3. The van der Waals surface area contributed by atoms with Crippen molar-refractivity contribution in [3.8, 4) is 11.5 Å². The monoisotopic (exact) mass is 479 g/mol. The van der Waals surface area contributed by atoms with E-state index in [0.717, 1.165) is 11.6 Å². The minimum atomic E-state index is -4.55. The van der Waals surface area contributed by atoms with Crippen LogP contribution in [0.2, 0.25) is 0 Å². The Bertz CT molecular complexity index is 1100. The Kier molecular flexibility index (Phi) is 6.76. The summed E-state index contributed by atoms with van der Waals surface area (Å²) in [5.74, 6) is 0.444. The molecule has 0 unspecified atom stereocenters. The van der Waals surface area contributed by atoms with Crippen LogP contribution in [0.3, 0.4) is 0 Å². The molecule has 1 fully saturated rings. The van der Waals surface area contributed by atoms with Crippen LogP contribution in [0, 0.1) is 6.92 Å². The number of oxazole rings is 1. The van der Waals surface area contributed by atoms with Gasteiger partial charge in [-0.1, -0.05) is 0 Å². The lowest BCUT2D eigenvalue weighted by atomic mass is 10.0. The van der Waals surface area contributed by atoms with E-state index < -0.39 is 17.6 Å². The normalized spacial score (nSPS) is 15.1. The number of piperidine rings is 1. The molecule has 33 heavy (non-hydrogen) atoms. The van der Waals surface area contributed by atoms with Crippen LogP contribution in [0.25, 0.3) is 11.5 Å². The van der Waals surface area contributed by atoms with Crippen LogP contribution in [0.1, 0.15) is 29.9 Å². The predicted molar refractivity (Wildman–Crippen MR) is 121 cm³/mol. The zero-order valence-electron chi connectivity index (χ0n) is 18.2. The molecule has 1 aliphatic heterocycles. The molecule has 1 N–H and O–H groups in total. The molecule has 2 aromatic heterocycles. The van der Waals surface area contributed by atoms with Gasteiger partial charge in [-0.3, -0.25) is 4.79 Å². The molecular formula is C23H24F3N3O3S.